The van der Waals surface area contributed by atoms with Crippen LogP contribution in [0, 0.1) is 0 Å². The minimum atomic E-state index is -0.257. The van der Waals surface area contributed by atoms with E-state index in [1.54, 1.807) is 6.92 Å². The van der Waals surface area contributed by atoms with Crippen molar-refractivity contribution in [3.63, 3.8) is 0 Å². The molecule has 0 fully saturated rings. The predicted octanol–water partition coefficient (Wildman–Crippen LogP) is 0.242. The molecule has 4 heteroatoms. The van der Waals surface area contributed by atoms with Crippen LogP contribution in [0.15, 0.2) is 11.8 Å². The summed E-state index contributed by atoms with van der Waals surface area (Å²) in [6.45, 7) is 3.07. The first-order chi connectivity index (χ1) is 5.56. The molecule has 0 heterocycles. The molecule has 68 valence electrons. The van der Waals surface area contributed by atoms with Crippen LogP contribution >= 0.6 is 0 Å². The molecule has 0 aromatic heterocycles. The van der Waals surface area contributed by atoms with Crippen molar-refractivity contribution in [3.05, 3.63) is 11.8 Å². The molecule has 0 atom stereocenters. The molecule has 0 bridgehead atoms. The number of methoxy groups -OCH3 is 1. The van der Waals surface area contributed by atoms with Gasteiger partial charge in [-0.05, 0) is 19.9 Å². The third kappa shape index (κ3) is 5.61. The monoisotopic (exact) mass is 171 g/mol. The second-order valence-electron chi connectivity index (χ2n) is 2.42. The number of hydrogen-bond donors (Lipinski definition) is 1. The normalized spacial score (nSPS) is 11.1. The highest BCUT2D eigenvalue weighted by molar-refractivity contribution is 5.89. The zero-order valence-corrected chi connectivity index (χ0v) is 7.51. The van der Waals surface area contributed by atoms with Crippen LogP contribution in [0.25, 0.3) is 0 Å². The van der Waals surface area contributed by atoms with Gasteiger partial charge in [0.2, 0.25) is 5.91 Å². The SMILES string of the molecule is COCC(=O)N/C(C)=C\C(C)=O. The summed E-state index contributed by atoms with van der Waals surface area (Å²) in [4.78, 5) is 21.4. The molecular weight excluding hydrogens is 158 g/mol. The molecule has 0 spiro atoms. The highest BCUT2D eigenvalue weighted by Gasteiger charge is 1.99. The van der Waals surface area contributed by atoms with E-state index in [9.17, 15) is 9.59 Å². The van der Waals surface area contributed by atoms with Crippen molar-refractivity contribution in [2.24, 2.45) is 0 Å². The van der Waals surface area contributed by atoms with Crippen LogP contribution in [0.5, 0.6) is 0 Å². The zero-order valence-electron chi connectivity index (χ0n) is 7.51. The quantitative estimate of drug-likeness (QED) is 0.616. The van der Waals surface area contributed by atoms with Gasteiger partial charge in [0.25, 0.3) is 0 Å². The maximum Gasteiger partial charge on any atom is 0.250 e. The molecule has 1 amide bonds. The van der Waals surface area contributed by atoms with Crippen molar-refractivity contribution in [3.8, 4) is 0 Å². The van der Waals surface area contributed by atoms with E-state index < -0.39 is 0 Å². The van der Waals surface area contributed by atoms with Crippen molar-refractivity contribution in [1.82, 2.24) is 5.32 Å². The maximum absolute atomic E-state index is 10.8. The predicted molar refractivity (Wildman–Crippen MR) is 44.5 cm³/mol. The Morgan fingerprint density at radius 3 is 2.42 bits per heavy atom. The maximum atomic E-state index is 10.8. The van der Waals surface area contributed by atoms with Gasteiger partial charge >= 0.3 is 0 Å². The molecule has 1 N–H and O–H groups in total. The highest BCUT2D eigenvalue weighted by Crippen LogP contribution is 1.86. The van der Waals surface area contributed by atoms with Crippen LogP contribution in [0.3, 0.4) is 0 Å². The lowest BCUT2D eigenvalue weighted by atomic mass is 10.3. The number of ketones is 1. The van der Waals surface area contributed by atoms with Crippen LogP contribution in [0.2, 0.25) is 0 Å². The first-order valence-electron chi connectivity index (χ1n) is 3.54. The van der Waals surface area contributed by atoms with E-state index in [-0.39, 0.29) is 18.3 Å². The molecule has 0 saturated heterocycles. The Morgan fingerprint density at radius 1 is 1.42 bits per heavy atom. The smallest absolute Gasteiger partial charge is 0.250 e. The molecule has 12 heavy (non-hydrogen) atoms. The fourth-order valence-corrected chi connectivity index (χ4v) is 0.728. The highest BCUT2D eigenvalue weighted by atomic mass is 16.5. The molecule has 0 aromatic rings. The van der Waals surface area contributed by atoms with Crippen molar-refractivity contribution >= 4 is 11.7 Å². The Bertz CT molecular complexity index is 208. The summed E-state index contributed by atoms with van der Waals surface area (Å²) in [5.41, 5.74) is 0.532. The minimum absolute atomic E-state index is 0.00306. The number of carbonyl (C=O) groups is 2. The summed E-state index contributed by atoms with van der Waals surface area (Å²) in [5, 5.41) is 2.49. The van der Waals surface area contributed by atoms with Crippen LogP contribution in [0.1, 0.15) is 13.8 Å². The van der Waals surface area contributed by atoms with Crippen LogP contribution < -0.4 is 5.32 Å². The van der Waals surface area contributed by atoms with Crippen molar-refractivity contribution < 1.29 is 14.3 Å². The second kappa shape index (κ2) is 5.49. The first kappa shape index (κ1) is 10.8. The van der Waals surface area contributed by atoms with Gasteiger partial charge in [0.05, 0.1) is 0 Å². The molecule has 0 rings (SSSR count). The van der Waals surface area contributed by atoms with Gasteiger partial charge in [0.1, 0.15) is 6.61 Å². The van der Waals surface area contributed by atoms with E-state index in [2.05, 4.69) is 10.1 Å². The van der Waals surface area contributed by atoms with E-state index in [0.717, 1.165) is 0 Å². The van der Waals surface area contributed by atoms with E-state index in [1.165, 1.54) is 20.1 Å². The fraction of sp³-hybridized carbons (Fsp3) is 0.500. The molecule has 0 unspecified atom stereocenters. The summed E-state index contributed by atoms with van der Waals surface area (Å²) in [6, 6.07) is 0. The summed E-state index contributed by atoms with van der Waals surface area (Å²) in [7, 11) is 1.43. The van der Waals surface area contributed by atoms with Gasteiger partial charge in [-0.1, -0.05) is 0 Å². The number of rotatable bonds is 4. The summed E-state index contributed by atoms with van der Waals surface area (Å²) in [5.74, 6) is -0.349. The number of carbonyl (C=O) groups excluding carboxylic acids is 2. The molecule has 0 saturated carbocycles. The Morgan fingerprint density at radius 2 is 2.00 bits per heavy atom. The van der Waals surface area contributed by atoms with Gasteiger partial charge in [-0.3, -0.25) is 9.59 Å². The summed E-state index contributed by atoms with van der Waals surface area (Å²) in [6.07, 6.45) is 1.35. The van der Waals surface area contributed by atoms with Crippen LogP contribution in [0.4, 0.5) is 0 Å². The fourth-order valence-electron chi connectivity index (χ4n) is 0.728. The van der Waals surface area contributed by atoms with Gasteiger partial charge in [0, 0.05) is 12.8 Å². The van der Waals surface area contributed by atoms with Crippen molar-refractivity contribution in [1.29, 1.82) is 0 Å². The Labute approximate surface area is 71.6 Å². The summed E-state index contributed by atoms with van der Waals surface area (Å²) >= 11 is 0. The Balaban J connectivity index is 3.91. The number of hydrogen-bond acceptors (Lipinski definition) is 3. The van der Waals surface area contributed by atoms with Crippen molar-refractivity contribution in [2.75, 3.05) is 13.7 Å². The largest absolute Gasteiger partial charge is 0.375 e. The Hall–Kier alpha value is -1.16. The molecular formula is C8H13NO3. The first-order valence-corrected chi connectivity index (χ1v) is 3.54. The number of nitrogens with one attached hydrogen (secondary N) is 1. The molecule has 0 aliphatic rings. The van der Waals surface area contributed by atoms with Gasteiger partial charge in [-0.2, -0.15) is 0 Å². The standard InChI is InChI=1S/C8H13NO3/c1-6(4-7(2)10)9-8(11)5-12-3/h4H,5H2,1-3H3,(H,9,11)/b6-4-. The Kier molecular flexibility index (Phi) is 4.96. The van der Waals surface area contributed by atoms with E-state index in [0.29, 0.717) is 5.70 Å². The average Bonchev–Trinajstić information content (AvgIpc) is 1.84. The molecule has 0 radical (unpaired) electrons. The molecule has 0 aliphatic heterocycles. The van der Waals surface area contributed by atoms with E-state index in [1.807, 2.05) is 0 Å². The number of amides is 1. The topological polar surface area (TPSA) is 55.4 Å². The summed E-state index contributed by atoms with van der Waals surface area (Å²) < 4.78 is 4.59. The molecule has 0 aliphatic carbocycles. The average molecular weight is 171 g/mol. The van der Waals surface area contributed by atoms with Crippen LogP contribution in [-0.2, 0) is 14.3 Å². The molecule has 0 aromatic carbocycles. The van der Waals surface area contributed by atoms with Crippen LogP contribution in [-0.4, -0.2) is 25.4 Å². The van der Waals surface area contributed by atoms with Crippen molar-refractivity contribution in [2.45, 2.75) is 13.8 Å². The van der Waals surface area contributed by atoms with Gasteiger partial charge < -0.3 is 10.1 Å². The van der Waals surface area contributed by atoms with Gasteiger partial charge in [-0.25, -0.2) is 0 Å². The number of ether oxygens (including phenoxy) is 1. The van der Waals surface area contributed by atoms with E-state index in [4.69, 9.17) is 0 Å². The third-order valence-electron chi connectivity index (χ3n) is 1.03. The third-order valence-corrected chi connectivity index (χ3v) is 1.03. The lowest BCUT2D eigenvalue weighted by Crippen LogP contribution is -2.25. The van der Waals surface area contributed by atoms with E-state index >= 15 is 0 Å². The van der Waals surface area contributed by atoms with Gasteiger partial charge in [0.15, 0.2) is 5.78 Å². The molecule has 4 nitrogen and oxygen atoms in total. The number of allylic oxidation sites excluding steroid dienone is 2. The lowest BCUT2D eigenvalue weighted by Gasteiger charge is -2.02. The van der Waals surface area contributed by atoms with Gasteiger partial charge in [-0.15, -0.1) is 0 Å². The zero-order chi connectivity index (χ0) is 9.56. The minimum Gasteiger partial charge on any atom is -0.375 e. The second-order valence-corrected chi connectivity index (χ2v) is 2.42. The lowest BCUT2D eigenvalue weighted by molar-refractivity contribution is -0.123.